The lowest BCUT2D eigenvalue weighted by Gasteiger charge is -2.04. The number of halogens is 3. The number of nitrogens with zero attached hydrogens (tertiary/aromatic N) is 1. The lowest BCUT2D eigenvalue weighted by atomic mass is 10.2. The largest absolute Gasteiger partial charge is 0.351 e. The second-order valence-corrected chi connectivity index (χ2v) is 6.29. The first-order valence-electron chi connectivity index (χ1n) is 6.30. The third-order valence-corrected chi connectivity index (χ3v) is 4.21. The van der Waals surface area contributed by atoms with Crippen LogP contribution in [-0.4, -0.2) is 16.0 Å². The van der Waals surface area contributed by atoms with Crippen LogP contribution in [0.5, 0.6) is 0 Å². The number of aromatic amines is 1. The smallest absolute Gasteiger partial charge is 0.175 e. The third kappa shape index (κ3) is 2.98. The van der Waals surface area contributed by atoms with Crippen molar-refractivity contribution in [3.05, 3.63) is 62.7 Å². The number of hydrogen-bond acceptors (Lipinski definition) is 2. The molecule has 0 atom stereocenters. The number of hydrogen-bond donors (Lipinski definition) is 3. The minimum absolute atomic E-state index is 0.208. The summed E-state index contributed by atoms with van der Waals surface area (Å²) in [6.07, 6.45) is 0. The van der Waals surface area contributed by atoms with Crippen molar-refractivity contribution in [3.63, 3.8) is 0 Å². The van der Waals surface area contributed by atoms with Gasteiger partial charge in [0.1, 0.15) is 5.69 Å². The topological polar surface area (TPSA) is 60.4 Å². The van der Waals surface area contributed by atoms with Gasteiger partial charge in [-0.05, 0) is 36.4 Å². The summed E-state index contributed by atoms with van der Waals surface area (Å²) in [5.41, 5.74) is 4.02. The second-order valence-electron chi connectivity index (χ2n) is 4.56. The van der Waals surface area contributed by atoms with Crippen molar-refractivity contribution in [2.45, 2.75) is 0 Å². The van der Waals surface area contributed by atoms with Crippen LogP contribution in [0.2, 0.25) is 10.0 Å². The Morgan fingerprint density at radius 3 is 2.73 bits per heavy atom. The van der Waals surface area contributed by atoms with E-state index in [0.29, 0.717) is 21.4 Å². The Balaban J connectivity index is 2.13. The van der Waals surface area contributed by atoms with Crippen LogP contribution in [0.3, 0.4) is 0 Å². The third-order valence-electron chi connectivity index (χ3n) is 3.09. The second kappa shape index (κ2) is 6.30. The number of benzene rings is 2. The van der Waals surface area contributed by atoms with E-state index in [9.17, 15) is 5.21 Å². The molecule has 3 aromatic rings. The Hall–Kier alpha value is -1.53. The Morgan fingerprint density at radius 1 is 1.18 bits per heavy atom. The molecular formula is C15H10BrCl2N3O. The van der Waals surface area contributed by atoms with Gasteiger partial charge in [-0.3, -0.25) is 10.7 Å². The van der Waals surface area contributed by atoms with Crippen molar-refractivity contribution in [1.82, 2.24) is 10.5 Å². The van der Waals surface area contributed by atoms with E-state index in [1.165, 1.54) is 0 Å². The molecule has 22 heavy (non-hydrogen) atoms. The van der Waals surface area contributed by atoms with Crippen LogP contribution in [0, 0.1) is 0 Å². The molecule has 0 saturated heterocycles. The number of aliphatic imine (C=N–C) groups is 1. The Bertz CT molecular complexity index is 876. The molecule has 0 radical (unpaired) electrons. The normalized spacial score (nSPS) is 11.9. The number of nitrogens with one attached hydrogen (secondary N) is 2. The van der Waals surface area contributed by atoms with Crippen molar-refractivity contribution < 1.29 is 5.21 Å². The molecule has 0 amide bonds. The van der Waals surface area contributed by atoms with Gasteiger partial charge >= 0.3 is 0 Å². The van der Waals surface area contributed by atoms with E-state index in [1.807, 2.05) is 18.2 Å². The maximum atomic E-state index is 9.41. The average molecular weight is 399 g/mol. The molecule has 4 nitrogen and oxygen atoms in total. The van der Waals surface area contributed by atoms with Gasteiger partial charge in [-0.1, -0.05) is 45.2 Å². The summed E-state index contributed by atoms with van der Waals surface area (Å²) in [7, 11) is 0. The van der Waals surface area contributed by atoms with Gasteiger partial charge in [-0.2, -0.15) is 0 Å². The van der Waals surface area contributed by atoms with Crippen LogP contribution < -0.4 is 5.48 Å². The van der Waals surface area contributed by atoms with Gasteiger partial charge in [-0.25, -0.2) is 4.99 Å². The summed E-state index contributed by atoms with van der Waals surface area (Å²) >= 11 is 15.7. The highest BCUT2D eigenvalue weighted by Crippen LogP contribution is 2.30. The van der Waals surface area contributed by atoms with Gasteiger partial charge < -0.3 is 4.98 Å². The predicted molar refractivity (Wildman–Crippen MR) is 93.6 cm³/mol. The minimum Gasteiger partial charge on any atom is -0.351 e. The van der Waals surface area contributed by atoms with Crippen molar-refractivity contribution in [1.29, 1.82) is 0 Å². The predicted octanol–water partition coefficient (Wildman–Crippen LogP) is 5.29. The number of hydroxylamine groups is 1. The number of aromatic nitrogens is 1. The van der Waals surface area contributed by atoms with E-state index >= 15 is 0 Å². The summed E-state index contributed by atoms with van der Waals surface area (Å²) in [4.78, 5) is 7.47. The Labute approximate surface area is 144 Å². The first kappa shape index (κ1) is 15.4. The van der Waals surface area contributed by atoms with E-state index in [1.54, 1.807) is 24.3 Å². The number of H-pyrrole nitrogens is 1. The van der Waals surface area contributed by atoms with Crippen LogP contribution in [0.15, 0.2) is 51.9 Å². The SMILES string of the molecule is ONC(=Nc1cccc(Cl)c1)c1[nH]c2ccc(Br)cc2c1Cl. The van der Waals surface area contributed by atoms with Crippen LogP contribution >= 0.6 is 39.1 Å². The van der Waals surface area contributed by atoms with Gasteiger partial charge in [0.15, 0.2) is 5.84 Å². The zero-order valence-corrected chi connectivity index (χ0v) is 14.2. The lowest BCUT2D eigenvalue weighted by molar-refractivity contribution is 0.235. The Kier molecular flexibility index (Phi) is 4.40. The molecule has 112 valence electrons. The van der Waals surface area contributed by atoms with Gasteiger partial charge in [0.2, 0.25) is 0 Å². The monoisotopic (exact) mass is 397 g/mol. The molecule has 0 spiro atoms. The van der Waals surface area contributed by atoms with Gasteiger partial charge in [0.05, 0.1) is 10.7 Å². The number of rotatable bonds is 2. The molecule has 0 saturated carbocycles. The molecule has 0 aliphatic rings. The van der Waals surface area contributed by atoms with Crippen molar-refractivity contribution >= 4 is 61.6 Å². The highest BCUT2D eigenvalue weighted by atomic mass is 79.9. The molecule has 1 aromatic heterocycles. The first-order valence-corrected chi connectivity index (χ1v) is 7.85. The van der Waals surface area contributed by atoms with E-state index in [0.717, 1.165) is 15.4 Å². The van der Waals surface area contributed by atoms with Gasteiger partial charge in [0, 0.05) is 20.4 Å². The van der Waals surface area contributed by atoms with Crippen LogP contribution in [0.1, 0.15) is 5.69 Å². The molecule has 3 rings (SSSR count). The fourth-order valence-corrected chi connectivity index (χ4v) is 2.94. The van der Waals surface area contributed by atoms with Crippen LogP contribution in [0.25, 0.3) is 10.9 Å². The fraction of sp³-hybridized carbons (Fsp3) is 0. The van der Waals surface area contributed by atoms with E-state index in [2.05, 4.69) is 31.4 Å². The zero-order valence-electron chi connectivity index (χ0n) is 11.1. The summed E-state index contributed by atoms with van der Waals surface area (Å²) in [5, 5.41) is 11.3. The highest BCUT2D eigenvalue weighted by molar-refractivity contribution is 9.10. The molecule has 0 fully saturated rings. The molecule has 0 unspecified atom stereocenters. The van der Waals surface area contributed by atoms with Crippen LogP contribution in [-0.2, 0) is 0 Å². The zero-order chi connectivity index (χ0) is 15.7. The molecule has 1 heterocycles. The first-order chi connectivity index (χ1) is 10.6. The average Bonchev–Trinajstić information content (AvgIpc) is 2.82. The molecule has 0 bridgehead atoms. The lowest BCUT2D eigenvalue weighted by Crippen LogP contribution is -2.20. The van der Waals surface area contributed by atoms with E-state index in [-0.39, 0.29) is 5.84 Å². The summed E-state index contributed by atoms with van der Waals surface area (Å²) < 4.78 is 0.915. The maximum absolute atomic E-state index is 9.41. The molecule has 0 aliphatic carbocycles. The van der Waals surface area contributed by atoms with Crippen molar-refractivity contribution in [3.8, 4) is 0 Å². The maximum Gasteiger partial charge on any atom is 0.175 e. The number of fused-ring (bicyclic) bond motifs is 1. The van der Waals surface area contributed by atoms with E-state index in [4.69, 9.17) is 23.2 Å². The van der Waals surface area contributed by atoms with Crippen molar-refractivity contribution in [2.75, 3.05) is 0 Å². The molecular weight excluding hydrogens is 389 g/mol. The standard InChI is InChI=1S/C15H10BrCl2N3O/c16-8-4-5-12-11(6-8)13(18)14(20-12)15(21-22)19-10-3-1-2-9(17)7-10/h1-7,20,22H,(H,19,21). The molecule has 2 aromatic carbocycles. The number of amidine groups is 1. The fourth-order valence-electron chi connectivity index (χ4n) is 2.11. The van der Waals surface area contributed by atoms with E-state index < -0.39 is 0 Å². The highest BCUT2D eigenvalue weighted by Gasteiger charge is 2.15. The quantitative estimate of drug-likeness (QED) is 0.312. The molecule has 0 aliphatic heterocycles. The minimum atomic E-state index is 0.208. The summed E-state index contributed by atoms with van der Waals surface area (Å²) in [5.74, 6) is 0.208. The molecule has 7 heteroatoms. The van der Waals surface area contributed by atoms with Gasteiger partial charge in [0.25, 0.3) is 0 Å². The van der Waals surface area contributed by atoms with Crippen LogP contribution in [0.4, 0.5) is 5.69 Å². The Morgan fingerprint density at radius 2 is 2.00 bits per heavy atom. The summed E-state index contributed by atoms with van der Waals surface area (Å²) in [6.45, 7) is 0. The van der Waals surface area contributed by atoms with Crippen molar-refractivity contribution in [2.24, 2.45) is 4.99 Å². The molecule has 3 N–H and O–H groups in total. The van der Waals surface area contributed by atoms with Gasteiger partial charge in [-0.15, -0.1) is 0 Å². The summed E-state index contributed by atoms with van der Waals surface area (Å²) in [6, 6.07) is 12.7.